The van der Waals surface area contributed by atoms with Crippen molar-refractivity contribution in [3.63, 3.8) is 0 Å². The summed E-state index contributed by atoms with van der Waals surface area (Å²) in [7, 11) is 1.60. The first-order valence-corrected chi connectivity index (χ1v) is 4.84. The zero-order valence-corrected chi connectivity index (χ0v) is 8.57. The van der Waals surface area contributed by atoms with Gasteiger partial charge in [-0.2, -0.15) is 0 Å². The normalized spacial score (nSPS) is 21.6. The molecule has 2 N–H and O–H groups in total. The van der Waals surface area contributed by atoms with Crippen molar-refractivity contribution in [2.24, 2.45) is 5.73 Å². The third-order valence-electron chi connectivity index (χ3n) is 2.23. The van der Waals surface area contributed by atoms with Gasteiger partial charge in [0.05, 0.1) is 13.2 Å². The van der Waals surface area contributed by atoms with Crippen LogP contribution in [0.5, 0.6) is 0 Å². The fraction of sp³-hybridized carbons (Fsp3) is 0.889. The number of nitrogens with zero attached hydrogens (tertiary/aromatic N) is 1. The van der Waals surface area contributed by atoms with Crippen molar-refractivity contribution in [2.75, 3.05) is 40.0 Å². The Labute approximate surface area is 84.1 Å². The molecule has 1 aliphatic rings. The van der Waals surface area contributed by atoms with Crippen molar-refractivity contribution < 1.29 is 14.3 Å². The third-order valence-corrected chi connectivity index (χ3v) is 2.23. The van der Waals surface area contributed by atoms with E-state index < -0.39 is 0 Å². The van der Waals surface area contributed by atoms with Crippen LogP contribution in [0.15, 0.2) is 0 Å². The molecular weight excluding hydrogens is 184 g/mol. The van der Waals surface area contributed by atoms with Crippen molar-refractivity contribution in [3.05, 3.63) is 0 Å². The topological polar surface area (TPSA) is 64.8 Å². The van der Waals surface area contributed by atoms with Crippen molar-refractivity contribution in [1.29, 1.82) is 0 Å². The van der Waals surface area contributed by atoms with Crippen LogP contribution >= 0.6 is 0 Å². The zero-order valence-electron chi connectivity index (χ0n) is 8.57. The lowest BCUT2D eigenvalue weighted by Gasteiger charge is -2.15. The van der Waals surface area contributed by atoms with Gasteiger partial charge in [-0.1, -0.05) is 0 Å². The monoisotopic (exact) mass is 202 g/mol. The predicted octanol–water partition coefficient (Wildman–Crippen LogP) is -0.791. The lowest BCUT2D eigenvalue weighted by atomic mass is 10.3. The van der Waals surface area contributed by atoms with Crippen molar-refractivity contribution in [3.8, 4) is 0 Å². The minimum Gasteiger partial charge on any atom is -0.382 e. The first kappa shape index (κ1) is 11.4. The molecule has 1 saturated heterocycles. The van der Waals surface area contributed by atoms with E-state index in [2.05, 4.69) is 0 Å². The Morgan fingerprint density at radius 2 is 2.36 bits per heavy atom. The first-order chi connectivity index (χ1) is 6.74. The fourth-order valence-corrected chi connectivity index (χ4v) is 1.41. The molecule has 0 spiro atoms. The van der Waals surface area contributed by atoms with E-state index in [1.807, 2.05) is 0 Å². The van der Waals surface area contributed by atoms with E-state index >= 15 is 0 Å². The Hall–Kier alpha value is -0.650. The molecule has 1 heterocycles. The molecule has 0 aromatic carbocycles. The fourth-order valence-electron chi connectivity index (χ4n) is 1.41. The number of rotatable bonds is 5. The van der Waals surface area contributed by atoms with E-state index in [4.69, 9.17) is 15.2 Å². The summed E-state index contributed by atoms with van der Waals surface area (Å²) in [5.74, 6) is 0.0223. The predicted molar refractivity (Wildman–Crippen MR) is 51.9 cm³/mol. The number of amides is 1. The second-order valence-electron chi connectivity index (χ2n) is 3.43. The minimum absolute atomic E-state index is 0.0223. The highest BCUT2D eigenvalue weighted by Crippen LogP contribution is 2.06. The van der Waals surface area contributed by atoms with Gasteiger partial charge in [-0.25, -0.2) is 0 Å². The van der Waals surface area contributed by atoms with Gasteiger partial charge in [-0.3, -0.25) is 4.79 Å². The molecule has 14 heavy (non-hydrogen) atoms. The Kier molecular flexibility index (Phi) is 4.86. The molecule has 0 bridgehead atoms. The van der Waals surface area contributed by atoms with Gasteiger partial charge in [0, 0.05) is 26.2 Å². The molecule has 1 rings (SSSR count). The summed E-state index contributed by atoms with van der Waals surface area (Å²) in [5, 5.41) is 0. The number of nitrogens with two attached hydrogens (primary N) is 1. The maximum Gasteiger partial charge on any atom is 0.248 e. The molecule has 1 fully saturated rings. The summed E-state index contributed by atoms with van der Waals surface area (Å²) in [6.07, 6.45) is 0.893. The van der Waals surface area contributed by atoms with E-state index in [1.54, 1.807) is 12.0 Å². The van der Waals surface area contributed by atoms with Crippen LogP contribution in [0.4, 0.5) is 0 Å². The van der Waals surface area contributed by atoms with Crippen LogP contribution in [0.1, 0.15) is 6.42 Å². The lowest BCUT2D eigenvalue weighted by Crippen LogP contribution is -2.34. The van der Waals surface area contributed by atoms with Crippen LogP contribution in [-0.2, 0) is 14.3 Å². The number of hydrogen-bond donors (Lipinski definition) is 1. The molecule has 0 aliphatic carbocycles. The summed E-state index contributed by atoms with van der Waals surface area (Å²) in [4.78, 5) is 13.2. The zero-order chi connectivity index (χ0) is 10.4. The quantitative estimate of drug-likeness (QED) is 0.593. The molecule has 0 saturated carbocycles. The number of carbonyl (C=O) groups excluding carboxylic acids is 1. The van der Waals surface area contributed by atoms with Gasteiger partial charge in [0.25, 0.3) is 0 Å². The lowest BCUT2D eigenvalue weighted by molar-refractivity contribution is -0.135. The molecule has 1 amide bonds. The highest BCUT2D eigenvalue weighted by atomic mass is 16.5. The summed E-state index contributed by atoms with van der Waals surface area (Å²) < 4.78 is 9.92. The summed E-state index contributed by atoms with van der Waals surface area (Å²) in [6, 6.07) is 0.137. The molecule has 0 unspecified atom stereocenters. The maximum absolute atomic E-state index is 11.5. The molecule has 82 valence electrons. The van der Waals surface area contributed by atoms with Gasteiger partial charge < -0.3 is 20.1 Å². The molecule has 0 aromatic heterocycles. The first-order valence-electron chi connectivity index (χ1n) is 4.84. The Balaban J connectivity index is 2.09. The Morgan fingerprint density at radius 3 is 2.93 bits per heavy atom. The average Bonchev–Trinajstić information content (AvgIpc) is 2.59. The number of ether oxygens (including phenoxy) is 2. The molecule has 1 aliphatic heterocycles. The number of methoxy groups -OCH3 is 1. The van der Waals surface area contributed by atoms with E-state index in [-0.39, 0.29) is 18.6 Å². The van der Waals surface area contributed by atoms with E-state index in [1.165, 1.54) is 0 Å². The highest BCUT2D eigenvalue weighted by Gasteiger charge is 2.23. The molecule has 0 radical (unpaired) electrons. The largest absolute Gasteiger partial charge is 0.382 e. The smallest absolute Gasteiger partial charge is 0.248 e. The second kappa shape index (κ2) is 5.95. The van der Waals surface area contributed by atoms with Gasteiger partial charge in [0.1, 0.15) is 6.61 Å². The summed E-state index contributed by atoms with van der Waals surface area (Å²) >= 11 is 0. The van der Waals surface area contributed by atoms with Crippen molar-refractivity contribution in [2.45, 2.75) is 12.5 Å². The maximum atomic E-state index is 11.5. The number of hydrogen-bond acceptors (Lipinski definition) is 4. The van der Waals surface area contributed by atoms with Crippen LogP contribution in [-0.4, -0.2) is 56.9 Å². The number of carbonyl (C=O) groups is 1. The van der Waals surface area contributed by atoms with E-state index in [9.17, 15) is 4.79 Å². The van der Waals surface area contributed by atoms with Crippen molar-refractivity contribution in [1.82, 2.24) is 4.90 Å². The van der Waals surface area contributed by atoms with Gasteiger partial charge in [0.15, 0.2) is 0 Å². The molecule has 5 heteroatoms. The minimum atomic E-state index is 0.0223. The SMILES string of the molecule is COCCOCC(=O)N1CC[C@H](N)C1. The van der Waals surface area contributed by atoms with Crippen LogP contribution in [0.25, 0.3) is 0 Å². The van der Waals surface area contributed by atoms with Gasteiger partial charge >= 0.3 is 0 Å². The van der Waals surface area contributed by atoms with E-state index in [0.717, 1.165) is 13.0 Å². The van der Waals surface area contributed by atoms with Crippen LogP contribution in [0, 0.1) is 0 Å². The molecule has 1 atom stereocenters. The number of likely N-dealkylation sites (tertiary alicyclic amines) is 1. The standard InChI is InChI=1S/C9H18N2O3/c1-13-4-5-14-7-9(12)11-3-2-8(10)6-11/h8H,2-7,10H2,1H3/t8-/m0/s1. The van der Waals surface area contributed by atoms with Crippen LogP contribution < -0.4 is 5.73 Å². The Morgan fingerprint density at radius 1 is 1.57 bits per heavy atom. The molecule has 5 nitrogen and oxygen atoms in total. The second-order valence-corrected chi connectivity index (χ2v) is 3.43. The van der Waals surface area contributed by atoms with Crippen molar-refractivity contribution >= 4 is 5.91 Å². The highest BCUT2D eigenvalue weighted by molar-refractivity contribution is 5.77. The average molecular weight is 202 g/mol. The molecular formula is C9H18N2O3. The van der Waals surface area contributed by atoms with Crippen LogP contribution in [0.2, 0.25) is 0 Å². The van der Waals surface area contributed by atoms with Gasteiger partial charge in [-0.05, 0) is 6.42 Å². The van der Waals surface area contributed by atoms with E-state index in [0.29, 0.717) is 19.8 Å². The van der Waals surface area contributed by atoms with Crippen LogP contribution in [0.3, 0.4) is 0 Å². The van der Waals surface area contributed by atoms with Gasteiger partial charge in [-0.15, -0.1) is 0 Å². The molecule has 0 aromatic rings. The summed E-state index contributed by atoms with van der Waals surface area (Å²) in [6.45, 7) is 2.53. The summed E-state index contributed by atoms with van der Waals surface area (Å²) in [5.41, 5.74) is 5.68. The Bertz CT molecular complexity index is 187. The third kappa shape index (κ3) is 3.61. The van der Waals surface area contributed by atoms with Gasteiger partial charge in [0.2, 0.25) is 5.91 Å².